The molecule has 0 atom stereocenters. The molecule has 2 fully saturated rings. The molecule has 0 aromatic rings. The number of carbonyl (C=O) groups is 2. The molecule has 1 spiro atoms. The van der Waals surface area contributed by atoms with E-state index in [1.165, 1.54) is 0 Å². The molecule has 0 aromatic carbocycles. The first-order valence-corrected chi connectivity index (χ1v) is 9.09. The van der Waals surface area contributed by atoms with Gasteiger partial charge in [-0.05, 0) is 71.9 Å². The first kappa shape index (κ1) is 19.0. The van der Waals surface area contributed by atoms with Gasteiger partial charge < -0.3 is 14.4 Å². The van der Waals surface area contributed by atoms with Crippen molar-refractivity contribution in [2.75, 3.05) is 39.3 Å². The first-order chi connectivity index (χ1) is 11.2. The molecule has 2 saturated heterocycles. The maximum Gasteiger partial charge on any atom is 0.410 e. The van der Waals surface area contributed by atoms with Gasteiger partial charge in [-0.2, -0.15) is 0 Å². The molecule has 6 nitrogen and oxygen atoms in total. The van der Waals surface area contributed by atoms with E-state index in [4.69, 9.17) is 9.47 Å². The molecule has 0 bridgehead atoms. The Morgan fingerprint density at radius 3 is 2.04 bits per heavy atom. The molecule has 2 heterocycles. The number of esters is 1. The second-order valence-corrected chi connectivity index (χ2v) is 8.05. The third-order valence-electron chi connectivity index (χ3n) is 5.05. The van der Waals surface area contributed by atoms with Gasteiger partial charge in [-0.15, -0.1) is 0 Å². The van der Waals surface area contributed by atoms with Crippen LogP contribution in [0.15, 0.2) is 0 Å². The fourth-order valence-corrected chi connectivity index (χ4v) is 3.56. The largest absolute Gasteiger partial charge is 0.465 e. The van der Waals surface area contributed by atoms with Gasteiger partial charge in [0.1, 0.15) is 5.60 Å². The van der Waals surface area contributed by atoms with Crippen LogP contribution in [0.5, 0.6) is 0 Å². The Morgan fingerprint density at radius 2 is 1.54 bits per heavy atom. The van der Waals surface area contributed by atoms with Crippen LogP contribution < -0.4 is 0 Å². The lowest BCUT2D eigenvalue weighted by Gasteiger charge is -2.46. The Morgan fingerprint density at radius 1 is 1.00 bits per heavy atom. The molecule has 0 N–H and O–H groups in total. The summed E-state index contributed by atoms with van der Waals surface area (Å²) in [5.74, 6) is -0.131. The summed E-state index contributed by atoms with van der Waals surface area (Å²) in [6.45, 7) is 11.8. The van der Waals surface area contributed by atoms with E-state index in [0.29, 0.717) is 18.6 Å². The zero-order valence-corrected chi connectivity index (χ0v) is 15.6. The quantitative estimate of drug-likeness (QED) is 0.739. The highest BCUT2D eigenvalue weighted by Crippen LogP contribution is 2.41. The number of rotatable bonds is 3. The molecule has 138 valence electrons. The maximum absolute atomic E-state index is 12.2. The highest BCUT2D eigenvalue weighted by molar-refractivity contribution is 5.71. The SMILES string of the molecule is CCOC(=O)CN1CCC2(CC1)CCN(C(=O)OC(C)(C)C)CC2. The van der Waals surface area contributed by atoms with Gasteiger partial charge >= 0.3 is 12.1 Å². The van der Waals surface area contributed by atoms with Crippen molar-refractivity contribution in [3.05, 3.63) is 0 Å². The first-order valence-electron chi connectivity index (χ1n) is 9.09. The molecule has 0 aromatic heterocycles. The molecule has 2 aliphatic rings. The fourth-order valence-electron chi connectivity index (χ4n) is 3.56. The van der Waals surface area contributed by atoms with Crippen molar-refractivity contribution in [3.63, 3.8) is 0 Å². The third kappa shape index (κ3) is 5.36. The number of carbonyl (C=O) groups excluding carboxylic acids is 2. The zero-order chi connectivity index (χ0) is 17.8. The van der Waals surface area contributed by atoms with Crippen molar-refractivity contribution < 1.29 is 19.1 Å². The molecule has 24 heavy (non-hydrogen) atoms. The van der Waals surface area contributed by atoms with Crippen LogP contribution in [0.4, 0.5) is 4.79 Å². The Labute approximate surface area is 145 Å². The lowest BCUT2D eigenvalue weighted by atomic mass is 9.71. The molecule has 2 aliphatic heterocycles. The predicted octanol–water partition coefficient (Wildman–Crippen LogP) is 2.66. The molecule has 0 saturated carbocycles. The second kappa shape index (κ2) is 7.72. The topological polar surface area (TPSA) is 59.1 Å². The van der Waals surface area contributed by atoms with Crippen LogP contribution in [0.3, 0.4) is 0 Å². The minimum atomic E-state index is -0.440. The van der Waals surface area contributed by atoms with Gasteiger partial charge in [0.2, 0.25) is 0 Å². The van der Waals surface area contributed by atoms with Gasteiger partial charge in [0.25, 0.3) is 0 Å². The smallest absolute Gasteiger partial charge is 0.410 e. The summed E-state index contributed by atoms with van der Waals surface area (Å²) in [6, 6.07) is 0. The number of amides is 1. The van der Waals surface area contributed by atoms with E-state index >= 15 is 0 Å². The number of likely N-dealkylation sites (tertiary alicyclic amines) is 2. The molecular weight excluding hydrogens is 308 g/mol. The van der Waals surface area contributed by atoms with Gasteiger partial charge in [-0.25, -0.2) is 4.79 Å². The van der Waals surface area contributed by atoms with Crippen LogP contribution in [0, 0.1) is 5.41 Å². The van der Waals surface area contributed by atoms with Crippen LogP contribution in [0.1, 0.15) is 53.4 Å². The summed E-state index contributed by atoms with van der Waals surface area (Å²) in [4.78, 5) is 27.8. The Kier molecular flexibility index (Phi) is 6.12. The standard InChI is InChI=1S/C18H32N2O4/c1-5-23-15(21)14-19-10-6-18(7-11-19)8-12-20(13-9-18)16(22)24-17(2,3)4/h5-14H2,1-4H3. The second-order valence-electron chi connectivity index (χ2n) is 8.05. The average Bonchev–Trinajstić information content (AvgIpc) is 2.49. The van der Waals surface area contributed by atoms with Crippen LogP contribution in [-0.2, 0) is 14.3 Å². The third-order valence-corrected chi connectivity index (χ3v) is 5.05. The minimum Gasteiger partial charge on any atom is -0.465 e. The van der Waals surface area contributed by atoms with E-state index in [1.54, 1.807) is 0 Å². The summed E-state index contributed by atoms with van der Waals surface area (Å²) < 4.78 is 10.5. The number of hydrogen-bond donors (Lipinski definition) is 0. The van der Waals surface area contributed by atoms with Gasteiger partial charge in [0, 0.05) is 13.1 Å². The van der Waals surface area contributed by atoms with E-state index in [1.807, 2.05) is 32.6 Å². The molecule has 0 unspecified atom stereocenters. The summed E-state index contributed by atoms with van der Waals surface area (Å²) in [5, 5.41) is 0. The van der Waals surface area contributed by atoms with E-state index in [0.717, 1.165) is 51.9 Å². The van der Waals surface area contributed by atoms with E-state index in [9.17, 15) is 9.59 Å². The van der Waals surface area contributed by atoms with Crippen LogP contribution in [-0.4, -0.2) is 66.8 Å². The van der Waals surface area contributed by atoms with Crippen LogP contribution in [0.25, 0.3) is 0 Å². The Hall–Kier alpha value is -1.30. The number of nitrogens with zero attached hydrogens (tertiary/aromatic N) is 2. The number of hydrogen-bond acceptors (Lipinski definition) is 5. The minimum absolute atomic E-state index is 0.131. The van der Waals surface area contributed by atoms with Crippen LogP contribution in [0.2, 0.25) is 0 Å². The van der Waals surface area contributed by atoms with Crippen molar-refractivity contribution in [1.82, 2.24) is 9.80 Å². The maximum atomic E-state index is 12.2. The van der Waals surface area contributed by atoms with Crippen LogP contribution >= 0.6 is 0 Å². The fraction of sp³-hybridized carbons (Fsp3) is 0.889. The molecule has 6 heteroatoms. The Balaban J connectivity index is 1.76. The lowest BCUT2D eigenvalue weighted by molar-refractivity contribution is -0.145. The summed E-state index contributed by atoms with van der Waals surface area (Å²) in [6.07, 6.45) is 4.04. The molecule has 0 aliphatic carbocycles. The summed E-state index contributed by atoms with van der Waals surface area (Å²) in [5.41, 5.74) is -0.117. The van der Waals surface area contributed by atoms with Gasteiger partial charge in [0.05, 0.1) is 13.2 Å². The van der Waals surface area contributed by atoms with E-state index in [-0.39, 0.29) is 12.1 Å². The van der Waals surface area contributed by atoms with Crippen molar-refractivity contribution in [2.45, 2.75) is 59.0 Å². The van der Waals surface area contributed by atoms with Crippen molar-refractivity contribution in [3.8, 4) is 0 Å². The van der Waals surface area contributed by atoms with Gasteiger partial charge in [-0.1, -0.05) is 0 Å². The number of piperidine rings is 2. The number of ether oxygens (including phenoxy) is 2. The van der Waals surface area contributed by atoms with Crippen molar-refractivity contribution >= 4 is 12.1 Å². The summed E-state index contributed by atoms with van der Waals surface area (Å²) in [7, 11) is 0. The highest BCUT2D eigenvalue weighted by Gasteiger charge is 2.39. The molecular formula is C18H32N2O4. The normalized spacial score (nSPS) is 21.6. The molecule has 0 radical (unpaired) electrons. The van der Waals surface area contributed by atoms with Gasteiger partial charge in [-0.3, -0.25) is 9.69 Å². The van der Waals surface area contributed by atoms with Gasteiger partial charge in [0.15, 0.2) is 0 Å². The molecule has 1 amide bonds. The average molecular weight is 340 g/mol. The summed E-state index contributed by atoms with van der Waals surface area (Å²) >= 11 is 0. The highest BCUT2D eigenvalue weighted by atomic mass is 16.6. The van der Waals surface area contributed by atoms with Crippen molar-refractivity contribution in [2.24, 2.45) is 5.41 Å². The van der Waals surface area contributed by atoms with Crippen molar-refractivity contribution in [1.29, 1.82) is 0 Å². The predicted molar refractivity (Wildman–Crippen MR) is 91.8 cm³/mol. The lowest BCUT2D eigenvalue weighted by Crippen LogP contribution is -2.49. The van der Waals surface area contributed by atoms with E-state index < -0.39 is 5.60 Å². The molecule has 2 rings (SSSR count). The van der Waals surface area contributed by atoms with E-state index in [2.05, 4.69) is 4.90 Å². The monoisotopic (exact) mass is 340 g/mol. The Bertz CT molecular complexity index is 440. The zero-order valence-electron chi connectivity index (χ0n) is 15.6.